The molecular weight excluding hydrogens is 379 g/mol. The summed E-state index contributed by atoms with van der Waals surface area (Å²) in [7, 11) is 0. The Morgan fingerprint density at radius 3 is 2.70 bits per heavy atom. The molecule has 0 amide bonds. The molecule has 124 valence electrons. The molecule has 1 saturated carbocycles. The first-order valence-electron chi connectivity index (χ1n) is 7.96. The molecule has 23 heavy (non-hydrogen) atoms. The second-order valence-electron chi connectivity index (χ2n) is 6.51. The molecule has 1 aliphatic carbocycles. The zero-order valence-corrected chi connectivity index (χ0v) is 15.1. The monoisotopic (exact) mass is 400 g/mol. The number of imidazole rings is 1. The molecule has 5 heteroatoms. The van der Waals surface area contributed by atoms with Gasteiger partial charge in [-0.2, -0.15) is 6.21 Å². The van der Waals surface area contributed by atoms with Gasteiger partial charge in [-0.1, -0.05) is 57.0 Å². The second kappa shape index (κ2) is 7.42. The molecule has 1 fully saturated rings. The van der Waals surface area contributed by atoms with Crippen molar-refractivity contribution in [3.8, 4) is 0 Å². The van der Waals surface area contributed by atoms with Crippen molar-refractivity contribution < 1.29 is 20.4 Å². The van der Waals surface area contributed by atoms with Gasteiger partial charge in [0, 0.05) is 17.0 Å². The third kappa shape index (κ3) is 3.73. The van der Waals surface area contributed by atoms with Gasteiger partial charge in [0.05, 0.1) is 0 Å². The fourth-order valence-electron chi connectivity index (χ4n) is 3.46. The van der Waals surface area contributed by atoms with Crippen LogP contribution in [-0.2, 0) is 20.4 Å². The molecule has 1 heterocycles. The van der Waals surface area contributed by atoms with Crippen molar-refractivity contribution in [1.82, 2.24) is 9.97 Å². The number of para-hydroxylation sites is 2. The van der Waals surface area contributed by atoms with Crippen molar-refractivity contribution in [1.29, 1.82) is 0 Å². The predicted octanol–water partition coefficient (Wildman–Crippen LogP) is 4.34. The van der Waals surface area contributed by atoms with E-state index >= 15 is 0 Å². The molecule has 0 radical (unpaired) electrons. The van der Waals surface area contributed by atoms with Gasteiger partial charge in [0.15, 0.2) is 0 Å². The van der Waals surface area contributed by atoms with Crippen LogP contribution in [0.5, 0.6) is 0 Å². The summed E-state index contributed by atoms with van der Waals surface area (Å²) in [5, 5.41) is 12.6. The van der Waals surface area contributed by atoms with Crippen molar-refractivity contribution >= 4 is 23.2 Å². The molecule has 1 aliphatic rings. The number of rotatable bonds is 5. The largest absolute Gasteiger partial charge is 2.00 e. The maximum atomic E-state index is 9.25. The minimum atomic E-state index is 0. The summed E-state index contributed by atoms with van der Waals surface area (Å²) >= 11 is 0. The van der Waals surface area contributed by atoms with Crippen LogP contribution in [-0.4, -0.2) is 11.2 Å². The number of nitrogens with zero attached hydrogens (tertiary/aromatic N) is 3. The van der Waals surface area contributed by atoms with Gasteiger partial charge in [0.25, 0.3) is 0 Å². The predicted molar refractivity (Wildman–Crippen MR) is 91.9 cm³/mol. The molecule has 2 aromatic rings. The van der Waals surface area contributed by atoms with Crippen LogP contribution < -0.4 is 10.3 Å². The van der Waals surface area contributed by atoms with E-state index in [-0.39, 0.29) is 25.8 Å². The van der Waals surface area contributed by atoms with Gasteiger partial charge in [0.1, 0.15) is 0 Å². The van der Waals surface area contributed by atoms with Crippen molar-refractivity contribution in [2.24, 2.45) is 11.3 Å². The van der Waals surface area contributed by atoms with Crippen molar-refractivity contribution in [3.63, 3.8) is 0 Å². The quantitative estimate of drug-likeness (QED) is 0.599. The number of anilines is 1. The van der Waals surface area contributed by atoms with Crippen molar-refractivity contribution in [2.75, 3.05) is 5.32 Å². The van der Waals surface area contributed by atoms with Gasteiger partial charge in [-0.3, -0.25) is 0 Å². The van der Waals surface area contributed by atoms with E-state index in [1.807, 2.05) is 24.3 Å². The molecular formula is C18H22N4Pd. The van der Waals surface area contributed by atoms with Crippen LogP contribution in [0.15, 0.2) is 36.0 Å². The van der Waals surface area contributed by atoms with E-state index in [1.54, 1.807) is 6.08 Å². The van der Waals surface area contributed by atoms with Gasteiger partial charge in [-0.05, 0) is 29.9 Å². The fraction of sp³-hybridized carbons (Fsp3) is 0.444. The van der Waals surface area contributed by atoms with E-state index in [4.69, 9.17) is 0 Å². The summed E-state index contributed by atoms with van der Waals surface area (Å²) in [6.07, 6.45) is 7.85. The van der Waals surface area contributed by atoms with Gasteiger partial charge in [-0.15, -0.1) is 0 Å². The first-order chi connectivity index (χ1) is 10.6. The zero-order valence-electron chi connectivity index (χ0n) is 13.5. The van der Waals surface area contributed by atoms with E-state index in [0.29, 0.717) is 11.9 Å². The van der Waals surface area contributed by atoms with E-state index in [0.717, 1.165) is 22.9 Å². The maximum Gasteiger partial charge on any atom is 2.00 e. The second-order valence-corrected chi connectivity index (χ2v) is 6.51. The number of fused-ring (bicyclic) bond motifs is 1. The smallest absolute Gasteiger partial charge is 0.811 e. The average molecular weight is 401 g/mol. The Labute approximate surface area is 151 Å². The third-order valence-corrected chi connectivity index (χ3v) is 5.10. The SMILES string of the molecule is CC(/C(=C/C=[N-])Nc1nc2ccccc2[n-]1)C1(C)CCCC1.[Pd+2]. The van der Waals surface area contributed by atoms with Crippen LogP contribution in [0, 0.1) is 11.3 Å². The molecule has 0 spiro atoms. The maximum absolute atomic E-state index is 9.25. The Hall–Kier alpha value is -1.44. The third-order valence-electron chi connectivity index (χ3n) is 5.10. The fourth-order valence-corrected chi connectivity index (χ4v) is 3.46. The summed E-state index contributed by atoms with van der Waals surface area (Å²) < 4.78 is 0. The number of benzene rings is 1. The van der Waals surface area contributed by atoms with Crippen LogP contribution in [0.3, 0.4) is 0 Å². The molecule has 4 nitrogen and oxygen atoms in total. The van der Waals surface area contributed by atoms with Crippen LogP contribution in [0.4, 0.5) is 5.95 Å². The first kappa shape index (κ1) is 17.9. The number of hydrogen-bond donors (Lipinski definition) is 1. The number of allylic oxidation sites excluding steroid dienone is 2. The molecule has 1 unspecified atom stereocenters. The summed E-state index contributed by atoms with van der Waals surface area (Å²) in [4.78, 5) is 9.02. The molecule has 1 aromatic heterocycles. The van der Waals surface area contributed by atoms with Crippen LogP contribution in [0.25, 0.3) is 16.4 Å². The van der Waals surface area contributed by atoms with Gasteiger partial charge >= 0.3 is 20.4 Å². The minimum absolute atomic E-state index is 0. The Balaban J connectivity index is 0.00000192. The Bertz CT molecular complexity index is 665. The number of aromatic nitrogens is 2. The van der Waals surface area contributed by atoms with Crippen molar-refractivity contribution in [2.45, 2.75) is 39.5 Å². The Morgan fingerprint density at radius 1 is 1.35 bits per heavy atom. The Kier molecular flexibility index (Phi) is 5.78. The molecule has 0 aliphatic heterocycles. The summed E-state index contributed by atoms with van der Waals surface area (Å²) in [6, 6.07) is 7.83. The normalized spacial score (nSPS) is 18.4. The molecule has 1 aromatic carbocycles. The van der Waals surface area contributed by atoms with E-state index in [9.17, 15) is 5.41 Å². The van der Waals surface area contributed by atoms with Crippen molar-refractivity contribution in [3.05, 3.63) is 41.4 Å². The number of nitrogens with one attached hydrogen (secondary N) is 1. The summed E-state index contributed by atoms with van der Waals surface area (Å²) in [5.74, 6) is 0.919. The van der Waals surface area contributed by atoms with E-state index < -0.39 is 0 Å². The van der Waals surface area contributed by atoms with Gasteiger partial charge in [-0.25, -0.2) is 0 Å². The zero-order chi connectivity index (χ0) is 15.6. The molecule has 1 N–H and O–H groups in total. The van der Waals surface area contributed by atoms with Crippen LogP contribution in [0.2, 0.25) is 0 Å². The first-order valence-corrected chi connectivity index (χ1v) is 7.96. The Morgan fingerprint density at radius 2 is 2.04 bits per heavy atom. The minimum Gasteiger partial charge on any atom is -0.811 e. The van der Waals surface area contributed by atoms with E-state index in [2.05, 4.69) is 29.1 Å². The topological polar surface area (TPSA) is 61.3 Å². The van der Waals surface area contributed by atoms with Crippen LogP contribution in [0.1, 0.15) is 39.5 Å². The van der Waals surface area contributed by atoms with Gasteiger partial charge < -0.3 is 20.7 Å². The average Bonchev–Trinajstić information content (AvgIpc) is 3.12. The van der Waals surface area contributed by atoms with Gasteiger partial charge in [0.2, 0.25) is 0 Å². The molecule has 0 saturated heterocycles. The molecule has 0 bridgehead atoms. The molecule has 3 rings (SSSR count). The molecule has 1 atom stereocenters. The number of hydrogen-bond acceptors (Lipinski definition) is 2. The summed E-state index contributed by atoms with van der Waals surface area (Å²) in [5.41, 5.74) is 3.02. The van der Waals surface area contributed by atoms with E-state index in [1.165, 1.54) is 25.7 Å². The standard InChI is InChI=1S/C18H22N4.Pd/c1-13(18(2)10-5-6-11-18)14(9-12-19)20-17-21-15-7-3-4-8-16(15)22-17;/h3-4,7-9,12-13H,5-6,10-11H2,1-2H3,(H-,20,21,22);/q-2;+2/b14-9-;. The van der Waals surface area contributed by atoms with Crippen LogP contribution >= 0.6 is 0 Å². The summed E-state index contributed by atoms with van der Waals surface area (Å²) in [6.45, 7) is 4.55.